The second-order valence-electron chi connectivity index (χ2n) is 6.22. The van der Waals surface area contributed by atoms with Gasteiger partial charge >= 0.3 is 12.4 Å². The molecule has 0 saturated carbocycles. The number of benzene rings is 1. The van der Waals surface area contributed by atoms with Crippen molar-refractivity contribution in [3.63, 3.8) is 0 Å². The van der Waals surface area contributed by atoms with E-state index in [1.807, 2.05) is 0 Å². The number of carbonyl (C=O) groups excluding carboxylic acids is 1. The van der Waals surface area contributed by atoms with Crippen molar-refractivity contribution in [2.75, 3.05) is 31.1 Å². The zero-order valence-corrected chi connectivity index (χ0v) is 14.4. The maximum atomic E-state index is 13.1. The van der Waals surface area contributed by atoms with Crippen molar-refractivity contribution < 1.29 is 31.1 Å². The highest BCUT2D eigenvalue weighted by Crippen LogP contribution is 2.33. The molecule has 28 heavy (non-hydrogen) atoms. The van der Waals surface area contributed by atoms with Crippen molar-refractivity contribution in [3.8, 4) is 0 Å². The van der Waals surface area contributed by atoms with E-state index in [-0.39, 0.29) is 26.2 Å². The lowest BCUT2D eigenvalue weighted by molar-refractivity contribution is -0.138. The molecule has 0 aliphatic carbocycles. The highest BCUT2D eigenvalue weighted by molar-refractivity contribution is 5.94. The topological polar surface area (TPSA) is 36.4 Å². The van der Waals surface area contributed by atoms with Crippen molar-refractivity contribution in [2.24, 2.45) is 0 Å². The molecule has 1 saturated heterocycles. The minimum atomic E-state index is -4.71. The highest BCUT2D eigenvalue weighted by Gasteiger charge is 2.37. The third-order valence-corrected chi connectivity index (χ3v) is 4.42. The molecular weight excluding hydrogens is 388 g/mol. The number of hydrogen-bond donors (Lipinski definition) is 0. The minimum absolute atomic E-state index is 0.0724. The first-order chi connectivity index (χ1) is 13.1. The summed E-state index contributed by atoms with van der Waals surface area (Å²) in [5.74, 6) is -0.850. The average Bonchev–Trinajstić information content (AvgIpc) is 2.66. The Kier molecular flexibility index (Phi) is 5.22. The number of rotatable bonds is 2. The standard InChI is InChI=1S/C18H15F6N3O/c19-17(20,21)12-3-1-4-13(11-12)26-7-9-27(10-8-26)16(28)15-14(18(22,23)24)5-2-6-25-15/h1-6,11H,7-10H2. The molecule has 0 bridgehead atoms. The van der Waals surface area contributed by atoms with Gasteiger partial charge in [-0.05, 0) is 30.3 Å². The Morgan fingerprint density at radius 3 is 2.18 bits per heavy atom. The molecule has 3 rings (SSSR count). The molecule has 0 spiro atoms. The van der Waals surface area contributed by atoms with Crippen molar-refractivity contribution in [1.29, 1.82) is 0 Å². The van der Waals surface area contributed by atoms with Crippen LogP contribution in [0.25, 0.3) is 0 Å². The maximum Gasteiger partial charge on any atom is 0.418 e. The Morgan fingerprint density at radius 1 is 0.893 bits per heavy atom. The van der Waals surface area contributed by atoms with E-state index < -0.39 is 35.1 Å². The molecule has 1 aliphatic heterocycles. The van der Waals surface area contributed by atoms with E-state index in [1.165, 1.54) is 17.0 Å². The third-order valence-electron chi connectivity index (χ3n) is 4.42. The number of amides is 1. The molecular formula is C18H15F6N3O. The van der Waals surface area contributed by atoms with Gasteiger partial charge in [-0.2, -0.15) is 26.3 Å². The monoisotopic (exact) mass is 403 g/mol. The summed E-state index contributed by atoms with van der Waals surface area (Å²) in [6.45, 7) is 0.536. The van der Waals surface area contributed by atoms with Gasteiger partial charge < -0.3 is 9.80 Å². The highest BCUT2D eigenvalue weighted by atomic mass is 19.4. The Morgan fingerprint density at radius 2 is 1.57 bits per heavy atom. The van der Waals surface area contributed by atoms with E-state index in [0.29, 0.717) is 5.69 Å². The summed E-state index contributed by atoms with van der Waals surface area (Å²) in [6.07, 6.45) is -8.07. The molecule has 2 aromatic rings. The lowest BCUT2D eigenvalue weighted by atomic mass is 10.1. The van der Waals surface area contributed by atoms with Crippen LogP contribution in [0.2, 0.25) is 0 Å². The van der Waals surface area contributed by atoms with Gasteiger partial charge in [-0.15, -0.1) is 0 Å². The molecule has 2 heterocycles. The van der Waals surface area contributed by atoms with Crippen molar-refractivity contribution >= 4 is 11.6 Å². The van der Waals surface area contributed by atoms with E-state index in [1.54, 1.807) is 4.90 Å². The molecule has 10 heteroatoms. The zero-order chi connectivity index (χ0) is 20.5. The summed E-state index contributed by atoms with van der Waals surface area (Å²) in [4.78, 5) is 19.0. The van der Waals surface area contributed by atoms with E-state index in [4.69, 9.17) is 0 Å². The summed E-state index contributed by atoms with van der Waals surface area (Å²) in [5, 5.41) is 0. The first-order valence-corrected chi connectivity index (χ1v) is 8.31. The Balaban J connectivity index is 1.72. The van der Waals surface area contributed by atoms with E-state index in [0.717, 1.165) is 30.5 Å². The van der Waals surface area contributed by atoms with Gasteiger partial charge in [-0.25, -0.2) is 0 Å². The predicted octanol–water partition coefficient (Wildman–Crippen LogP) is 4.08. The van der Waals surface area contributed by atoms with Gasteiger partial charge in [0.25, 0.3) is 5.91 Å². The van der Waals surface area contributed by atoms with Crippen molar-refractivity contribution in [2.45, 2.75) is 12.4 Å². The second-order valence-corrected chi connectivity index (χ2v) is 6.22. The fraction of sp³-hybridized carbons (Fsp3) is 0.333. The number of aromatic nitrogens is 1. The van der Waals surface area contributed by atoms with E-state index in [2.05, 4.69) is 4.98 Å². The zero-order valence-electron chi connectivity index (χ0n) is 14.4. The molecule has 0 radical (unpaired) electrons. The van der Waals surface area contributed by atoms with Crippen molar-refractivity contribution in [1.82, 2.24) is 9.88 Å². The van der Waals surface area contributed by atoms with Crippen LogP contribution in [0, 0.1) is 0 Å². The fourth-order valence-electron chi connectivity index (χ4n) is 3.00. The summed E-state index contributed by atoms with van der Waals surface area (Å²) < 4.78 is 77.8. The van der Waals surface area contributed by atoms with Crippen molar-refractivity contribution in [3.05, 3.63) is 59.4 Å². The first-order valence-electron chi connectivity index (χ1n) is 8.31. The summed E-state index contributed by atoms with van der Waals surface area (Å²) in [5.41, 5.74) is -2.23. The molecule has 150 valence electrons. The minimum Gasteiger partial charge on any atom is -0.368 e. The van der Waals surface area contributed by atoms with Crippen LogP contribution >= 0.6 is 0 Å². The third kappa shape index (κ3) is 4.20. The molecule has 0 unspecified atom stereocenters. The number of pyridine rings is 1. The molecule has 1 amide bonds. The van der Waals surface area contributed by atoms with Crippen LogP contribution in [0.15, 0.2) is 42.6 Å². The number of carbonyl (C=O) groups is 1. The van der Waals surface area contributed by atoms with Crippen LogP contribution < -0.4 is 4.90 Å². The molecule has 0 N–H and O–H groups in total. The molecule has 0 atom stereocenters. The van der Waals surface area contributed by atoms with E-state index >= 15 is 0 Å². The normalized spacial score (nSPS) is 15.6. The van der Waals surface area contributed by atoms with Gasteiger partial charge in [0, 0.05) is 38.1 Å². The number of hydrogen-bond acceptors (Lipinski definition) is 3. The van der Waals surface area contributed by atoms with Gasteiger partial charge in [0.15, 0.2) is 0 Å². The molecule has 1 aromatic carbocycles. The lowest BCUT2D eigenvalue weighted by Gasteiger charge is -2.36. The SMILES string of the molecule is O=C(c1ncccc1C(F)(F)F)N1CCN(c2cccc(C(F)(F)F)c2)CC1. The number of halogens is 6. The number of nitrogens with zero attached hydrogens (tertiary/aromatic N) is 3. The summed E-state index contributed by atoms with van der Waals surface area (Å²) >= 11 is 0. The largest absolute Gasteiger partial charge is 0.418 e. The summed E-state index contributed by atoms with van der Waals surface area (Å²) in [7, 11) is 0. The Hall–Kier alpha value is -2.78. The van der Waals surface area contributed by atoms with Crippen LogP contribution in [0.1, 0.15) is 21.6 Å². The van der Waals surface area contributed by atoms with Gasteiger partial charge in [-0.1, -0.05) is 6.07 Å². The van der Waals surface area contributed by atoms with Crippen LogP contribution in [0.5, 0.6) is 0 Å². The predicted molar refractivity (Wildman–Crippen MR) is 88.8 cm³/mol. The molecule has 4 nitrogen and oxygen atoms in total. The maximum absolute atomic E-state index is 13.1. The Labute approximate surface area is 156 Å². The summed E-state index contributed by atoms with van der Waals surface area (Å²) in [6, 6.07) is 6.68. The average molecular weight is 403 g/mol. The Bertz CT molecular complexity index is 857. The first kappa shape index (κ1) is 20.0. The number of piperazine rings is 1. The number of anilines is 1. The van der Waals surface area contributed by atoms with E-state index in [9.17, 15) is 31.1 Å². The number of alkyl halides is 6. The van der Waals surface area contributed by atoms with Crippen LogP contribution in [-0.4, -0.2) is 42.0 Å². The quantitative estimate of drug-likeness (QED) is 0.709. The van der Waals surface area contributed by atoms with Gasteiger partial charge in [0.2, 0.25) is 0 Å². The van der Waals surface area contributed by atoms with Gasteiger partial charge in [0.05, 0.1) is 11.1 Å². The fourth-order valence-corrected chi connectivity index (χ4v) is 3.00. The van der Waals surface area contributed by atoms with Crippen LogP contribution in [0.3, 0.4) is 0 Å². The molecule has 1 fully saturated rings. The van der Waals surface area contributed by atoms with Crippen LogP contribution in [-0.2, 0) is 12.4 Å². The molecule has 1 aromatic heterocycles. The van der Waals surface area contributed by atoms with Gasteiger partial charge in [0.1, 0.15) is 5.69 Å². The smallest absolute Gasteiger partial charge is 0.368 e. The van der Waals surface area contributed by atoms with Gasteiger partial charge in [-0.3, -0.25) is 9.78 Å². The second kappa shape index (κ2) is 7.33. The lowest BCUT2D eigenvalue weighted by Crippen LogP contribution is -2.49. The van der Waals surface area contributed by atoms with Crippen LogP contribution in [0.4, 0.5) is 32.0 Å². The molecule has 1 aliphatic rings.